The van der Waals surface area contributed by atoms with Crippen molar-refractivity contribution in [2.45, 2.75) is 51.3 Å². The summed E-state index contributed by atoms with van der Waals surface area (Å²) in [7, 11) is 0. The van der Waals surface area contributed by atoms with E-state index in [1.165, 1.54) is 12.1 Å². The summed E-state index contributed by atoms with van der Waals surface area (Å²) in [6.45, 7) is 5.88. The molecule has 154 valence electrons. The van der Waals surface area contributed by atoms with E-state index in [0.717, 1.165) is 18.4 Å². The number of carboxylic acid groups (broad SMARTS) is 1. The monoisotopic (exact) mass is 397 g/mol. The Morgan fingerprint density at radius 1 is 1.03 bits per heavy atom. The Hall–Kier alpha value is -3.02. The van der Waals surface area contributed by atoms with Crippen molar-refractivity contribution >= 4 is 12.1 Å². The lowest BCUT2D eigenvalue weighted by Crippen LogP contribution is -2.43. The summed E-state index contributed by atoms with van der Waals surface area (Å²) in [5, 5.41) is 9.01. The maximum absolute atomic E-state index is 13.0. The van der Waals surface area contributed by atoms with Crippen LogP contribution in [0.4, 0.5) is 4.79 Å². The number of amides is 1. The van der Waals surface area contributed by atoms with Crippen LogP contribution >= 0.6 is 0 Å². The molecule has 0 bridgehead atoms. The minimum atomic E-state index is -0.978. The van der Waals surface area contributed by atoms with E-state index in [1.807, 2.05) is 51.1 Å². The van der Waals surface area contributed by atoms with Crippen LogP contribution in [0.3, 0.4) is 0 Å². The fourth-order valence-corrected chi connectivity index (χ4v) is 3.53. The van der Waals surface area contributed by atoms with E-state index in [9.17, 15) is 9.59 Å². The van der Waals surface area contributed by atoms with E-state index >= 15 is 0 Å². The van der Waals surface area contributed by atoms with Crippen LogP contribution in [0.1, 0.15) is 55.6 Å². The molecule has 0 unspecified atom stereocenters. The number of hydrogen-bond acceptors (Lipinski definition) is 4. The van der Waals surface area contributed by atoms with Crippen molar-refractivity contribution in [1.82, 2.24) is 4.90 Å². The summed E-state index contributed by atoms with van der Waals surface area (Å²) in [5.74, 6) is -0.406. The number of likely N-dealkylation sites (tertiary alicyclic amines) is 1. The van der Waals surface area contributed by atoms with Crippen molar-refractivity contribution in [3.8, 4) is 5.75 Å². The molecule has 0 aliphatic carbocycles. The van der Waals surface area contributed by atoms with Gasteiger partial charge in [0.25, 0.3) is 0 Å². The minimum absolute atomic E-state index is 0.0611. The van der Waals surface area contributed by atoms with Gasteiger partial charge in [0.2, 0.25) is 0 Å². The van der Waals surface area contributed by atoms with Crippen LogP contribution in [0, 0.1) is 0 Å². The molecule has 1 fully saturated rings. The highest BCUT2D eigenvalue weighted by Gasteiger charge is 2.40. The molecule has 1 N–H and O–H groups in total. The molecule has 1 aliphatic heterocycles. The first-order valence-corrected chi connectivity index (χ1v) is 9.77. The first-order chi connectivity index (χ1) is 13.7. The van der Waals surface area contributed by atoms with E-state index in [0.29, 0.717) is 12.4 Å². The van der Waals surface area contributed by atoms with E-state index in [-0.39, 0.29) is 23.7 Å². The molecule has 0 spiro atoms. The highest BCUT2D eigenvalue weighted by Crippen LogP contribution is 2.37. The Morgan fingerprint density at radius 3 is 2.28 bits per heavy atom. The number of carboxylic acids is 1. The fourth-order valence-electron chi connectivity index (χ4n) is 3.53. The number of rotatable bonds is 5. The molecule has 0 saturated carbocycles. The lowest BCUT2D eigenvalue weighted by Gasteiger charge is -2.32. The molecule has 2 atom stereocenters. The third kappa shape index (κ3) is 5.28. The Morgan fingerprint density at radius 2 is 1.69 bits per heavy atom. The van der Waals surface area contributed by atoms with Gasteiger partial charge in [-0.05, 0) is 63.4 Å². The van der Waals surface area contributed by atoms with Crippen LogP contribution in [0.2, 0.25) is 0 Å². The molecule has 1 amide bonds. The minimum Gasteiger partial charge on any atom is -0.491 e. The predicted octanol–water partition coefficient (Wildman–Crippen LogP) is 4.90. The van der Waals surface area contributed by atoms with Crippen molar-refractivity contribution in [1.29, 1.82) is 0 Å². The maximum Gasteiger partial charge on any atom is 0.411 e. The van der Waals surface area contributed by atoms with Gasteiger partial charge >= 0.3 is 12.1 Å². The Balaban J connectivity index is 1.75. The molecule has 2 aromatic carbocycles. The SMILES string of the molecule is CC(C)(C)OC(=O)N1[C@H](COc2ccc(C(=O)O)cc2)CC[C@@H]1c1ccccc1. The summed E-state index contributed by atoms with van der Waals surface area (Å²) in [4.78, 5) is 25.7. The van der Waals surface area contributed by atoms with Gasteiger partial charge in [0.05, 0.1) is 17.6 Å². The molecule has 2 aromatic rings. The van der Waals surface area contributed by atoms with Crippen molar-refractivity contribution in [3.05, 3.63) is 65.7 Å². The van der Waals surface area contributed by atoms with Crippen LogP contribution in [0.15, 0.2) is 54.6 Å². The number of aromatic carboxylic acids is 1. The van der Waals surface area contributed by atoms with Crippen LogP contribution in [-0.4, -0.2) is 40.3 Å². The molecule has 0 radical (unpaired) electrons. The van der Waals surface area contributed by atoms with Gasteiger partial charge in [-0.2, -0.15) is 0 Å². The molecule has 1 heterocycles. The summed E-state index contributed by atoms with van der Waals surface area (Å²) < 4.78 is 11.5. The number of carbonyl (C=O) groups is 2. The van der Waals surface area contributed by atoms with E-state index in [2.05, 4.69) is 0 Å². The van der Waals surface area contributed by atoms with Crippen LogP contribution < -0.4 is 4.74 Å². The topological polar surface area (TPSA) is 76.1 Å². The normalized spacial score (nSPS) is 19.1. The van der Waals surface area contributed by atoms with Gasteiger partial charge in [0.1, 0.15) is 18.0 Å². The van der Waals surface area contributed by atoms with Gasteiger partial charge in [-0.25, -0.2) is 9.59 Å². The largest absolute Gasteiger partial charge is 0.491 e. The van der Waals surface area contributed by atoms with Crippen LogP contribution in [-0.2, 0) is 4.74 Å². The Labute approximate surface area is 171 Å². The van der Waals surface area contributed by atoms with Gasteiger partial charge in [0, 0.05) is 0 Å². The van der Waals surface area contributed by atoms with Gasteiger partial charge in [-0.15, -0.1) is 0 Å². The second-order valence-electron chi connectivity index (χ2n) is 8.19. The van der Waals surface area contributed by atoms with E-state index < -0.39 is 11.6 Å². The van der Waals surface area contributed by atoms with Gasteiger partial charge < -0.3 is 14.6 Å². The van der Waals surface area contributed by atoms with Crippen molar-refractivity contribution in [2.75, 3.05) is 6.61 Å². The van der Waals surface area contributed by atoms with Crippen LogP contribution in [0.5, 0.6) is 5.75 Å². The van der Waals surface area contributed by atoms with Gasteiger partial charge in [-0.3, -0.25) is 4.90 Å². The second-order valence-corrected chi connectivity index (χ2v) is 8.19. The number of benzene rings is 2. The second kappa shape index (κ2) is 8.55. The summed E-state index contributed by atoms with van der Waals surface area (Å²) >= 11 is 0. The number of ether oxygens (including phenoxy) is 2. The zero-order valence-corrected chi connectivity index (χ0v) is 17.0. The molecule has 1 aliphatic rings. The Kier molecular flexibility index (Phi) is 6.11. The smallest absolute Gasteiger partial charge is 0.411 e. The lowest BCUT2D eigenvalue weighted by molar-refractivity contribution is 0.00992. The van der Waals surface area contributed by atoms with Crippen molar-refractivity contribution < 1.29 is 24.2 Å². The maximum atomic E-state index is 13.0. The van der Waals surface area contributed by atoms with Crippen molar-refractivity contribution in [3.63, 3.8) is 0 Å². The van der Waals surface area contributed by atoms with E-state index in [4.69, 9.17) is 14.6 Å². The number of carbonyl (C=O) groups excluding carboxylic acids is 1. The average molecular weight is 397 g/mol. The molecule has 6 nitrogen and oxygen atoms in total. The molecule has 6 heteroatoms. The highest BCUT2D eigenvalue weighted by atomic mass is 16.6. The molecule has 1 saturated heterocycles. The lowest BCUT2D eigenvalue weighted by atomic mass is 10.1. The van der Waals surface area contributed by atoms with E-state index in [1.54, 1.807) is 17.0 Å². The quantitative estimate of drug-likeness (QED) is 0.776. The standard InChI is InChI=1S/C23H27NO5/c1-23(2,3)29-22(27)24-18(11-14-20(24)16-7-5-4-6-8-16)15-28-19-12-9-17(10-13-19)21(25)26/h4-10,12-13,18,20H,11,14-15H2,1-3H3,(H,25,26)/t18-,20+/m0/s1. The summed E-state index contributed by atoms with van der Waals surface area (Å²) in [6.07, 6.45) is 1.28. The molecule has 29 heavy (non-hydrogen) atoms. The van der Waals surface area contributed by atoms with Crippen LogP contribution in [0.25, 0.3) is 0 Å². The third-order valence-corrected chi connectivity index (χ3v) is 4.83. The molecule has 0 aromatic heterocycles. The summed E-state index contributed by atoms with van der Waals surface area (Å²) in [6, 6.07) is 16.0. The Bertz CT molecular complexity index is 842. The number of nitrogens with zero attached hydrogens (tertiary/aromatic N) is 1. The first-order valence-electron chi connectivity index (χ1n) is 9.77. The highest BCUT2D eigenvalue weighted by molar-refractivity contribution is 5.87. The molecular weight excluding hydrogens is 370 g/mol. The number of hydrogen-bond donors (Lipinski definition) is 1. The average Bonchev–Trinajstić information content (AvgIpc) is 3.10. The fraction of sp³-hybridized carbons (Fsp3) is 0.391. The summed E-state index contributed by atoms with van der Waals surface area (Å²) in [5.41, 5.74) is 0.698. The van der Waals surface area contributed by atoms with Gasteiger partial charge in [0.15, 0.2) is 0 Å². The zero-order valence-electron chi connectivity index (χ0n) is 17.0. The third-order valence-electron chi connectivity index (χ3n) is 4.83. The predicted molar refractivity (Wildman–Crippen MR) is 109 cm³/mol. The molecular formula is C23H27NO5. The molecule has 3 rings (SSSR count). The zero-order chi connectivity index (χ0) is 21.0. The van der Waals surface area contributed by atoms with Gasteiger partial charge in [-0.1, -0.05) is 30.3 Å². The van der Waals surface area contributed by atoms with Crippen molar-refractivity contribution in [2.24, 2.45) is 0 Å². The first kappa shape index (κ1) is 20.7.